The Bertz CT molecular complexity index is 427. The Morgan fingerprint density at radius 1 is 1.19 bits per heavy atom. The van der Waals surface area contributed by atoms with E-state index in [2.05, 4.69) is 52.4 Å². The fourth-order valence-corrected chi connectivity index (χ4v) is 3.06. The van der Waals surface area contributed by atoms with Gasteiger partial charge in [-0.15, -0.1) is 0 Å². The van der Waals surface area contributed by atoms with E-state index >= 15 is 0 Å². The summed E-state index contributed by atoms with van der Waals surface area (Å²) in [6.45, 7) is 7.41. The third-order valence-electron chi connectivity index (χ3n) is 4.35. The molecule has 1 aromatic rings. The van der Waals surface area contributed by atoms with E-state index in [0.717, 1.165) is 39.1 Å². The molecule has 1 N–H and O–H groups in total. The molecule has 0 saturated carbocycles. The Balaban J connectivity index is 1.83. The first kappa shape index (κ1) is 16.0. The predicted molar refractivity (Wildman–Crippen MR) is 86.2 cm³/mol. The molecule has 4 heteroatoms. The molecule has 1 saturated heterocycles. The van der Waals surface area contributed by atoms with Crippen molar-refractivity contribution < 1.29 is 4.79 Å². The summed E-state index contributed by atoms with van der Waals surface area (Å²) >= 11 is 0. The molecule has 0 aromatic heterocycles. The minimum atomic E-state index is 0.133. The third kappa shape index (κ3) is 4.55. The van der Waals surface area contributed by atoms with E-state index in [1.807, 2.05) is 0 Å². The van der Waals surface area contributed by atoms with Gasteiger partial charge in [-0.3, -0.25) is 9.69 Å². The van der Waals surface area contributed by atoms with Gasteiger partial charge in [0, 0.05) is 52.2 Å². The van der Waals surface area contributed by atoms with Crippen molar-refractivity contribution in [1.29, 1.82) is 0 Å². The third-order valence-corrected chi connectivity index (χ3v) is 4.35. The monoisotopic (exact) mass is 289 g/mol. The van der Waals surface area contributed by atoms with Gasteiger partial charge in [-0.25, -0.2) is 0 Å². The molecule has 0 aliphatic carbocycles. The zero-order chi connectivity index (χ0) is 15.1. The first-order chi connectivity index (χ1) is 10.2. The molecule has 0 spiro atoms. The molecule has 0 radical (unpaired) electrons. The second-order valence-electron chi connectivity index (χ2n) is 5.64. The van der Waals surface area contributed by atoms with Crippen molar-refractivity contribution in [2.45, 2.75) is 25.8 Å². The number of nitrogens with zero attached hydrogens (tertiary/aromatic N) is 2. The van der Waals surface area contributed by atoms with Gasteiger partial charge in [-0.2, -0.15) is 0 Å². The number of nitrogens with one attached hydrogen (secondary N) is 1. The highest BCUT2D eigenvalue weighted by Crippen LogP contribution is 2.25. The van der Waals surface area contributed by atoms with Gasteiger partial charge in [0.2, 0.25) is 5.91 Å². The fraction of sp³-hybridized carbons (Fsp3) is 0.588. The van der Waals surface area contributed by atoms with Gasteiger partial charge in [0.15, 0.2) is 0 Å². The molecule has 1 amide bonds. The zero-order valence-electron chi connectivity index (χ0n) is 13.2. The number of piperazine rings is 1. The number of hydrogen-bond acceptors (Lipinski definition) is 3. The molecule has 1 aliphatic rings. The van der Waals surface area contributed by atoms with Crippen LogP contribution in [0.15, 0.2) is 30.3 Å². The Morgan fingerprint density at radius 2 is 1.86 bits per heavy atom. The second-order valence-corrected chi connectivity index (χ2v) is 5.64. The minimum absolute atomic E-state index is 0.133. The molecule has 4 nitrogen and oxygen atoms in total. The van der Waals surface area contributed by atoms with Crippen molar-refractivity contribution in [3.8, 4) is 0 Å². The van der Waals surface area contributed by atoms with Crippen LogP contribution in [0.25, 0.3) is 0 Å². The maximum Gasteiger partial charge on any atom is 0.221 e. The molecule has 1 aliphatic heterocycles. The molecule has 1 atom stereocenters. The molecule has 1 heterocycles. The van der Waals surface area contributed by atoms with Crippen LogP contribution in [0.5, 0.6) is 0 Å². The summed E-state index contributed by atoms with van der Waals surface area (Å²) in [6.07, 6.45) is 1.74. The average molecular weight is 289 g/mol. The number of carbonyl (C=O) groups is 1. The number of amides is 1. The van der Waals surface area contributed by atoms with Crippen molar-refractivity contribution in [1.82, 2.24) is 15.1 Å². The molecule has 21 heavy (non-hydrogen) atoms. The first-order valence-electron chi connectivity index (χ1n) is 7.96. The maximum atomic E-state index is 11.3. The lowest BCUT2D eigenvalue weighted by Gasteiger charge is -2.39. The van der Waals surface area contributed by atoms with Crippen molar-refractivity contribution in [3.05, 3.63) is 35.9 Å². The molecular formula is C17H27N3O. The van der Waals surface area contributed by atoms with Crippen molar-refractivity contribution >= 4 is 5.91 Å². The molecule has 0 bridgehead atoms. The van der Waals surface area contributed by atoms with Crippen molar-refractivity contribution in [2.24, 2.45) is 0 Å². The van der Waals surface area contributed by atoms with E-state index in [1.54, 1.807) is 7.05 Å². The average Bonchev–Trinajstić information content (AvgIpc) is 2.55. The summed E-state index contributed by atoms with van der Waals surface area (Å²) in [5.41, 5.74) is 1.42. The van der Waals surface area contributed by atoms with Gasteiger partial charge >= 0.3 is 0 Å². The van der Waals surface area contributed by atoms with E-state index in [9.17, 15) is 4.79 Å². The Labute approximate surface area is 128 Å². The zero-order valence-corrected chi connectivity index (χ0v) is 13.2. The van der Waals surface area contributed by atoms with Crippen LogP contribution in [0, 0.1) is 0 Å². The summed E-state index contributed by atoms with van der Waals surface area (Å²) in [4.78, 5) is 16.3. The summed E-state index contributed by atoms with van der Waals surface area (Å²) in [5.74, 6) is 0.133. The van der Waals surface area contributed by atoms with Crippen LogP contribution < -0.4 is 5.32 Å². The van der Waals surface area contributed by atoms with Gasteiger partial charge in [0.05, 0.1) is 0 Å². The molecule has 1 unspecified atom stereocenters. The second kappa shape index (κ2) is 8.15. The number of rotatable bonds is 6. The van der Waals surface area contributed by atoms with Gasteiger partial charge in [-0.1, -0.05) is 37.3 Å². The Morgan fingerprint density at radius 3 is 2.43 bits per heavy atom. The number of hydrogen-bond donors (Lipinski definition) is 1. The lowest BCUT2D eigenvalue weighted by Crippen LogP contribution is -2.48. The lowest BCUT2D eigenvalue weighted by atomic mass is 10.0. The van der Waals surface area contributed by atoms with E-state index < -0.39 is 0 Å². The van der Waals surface area contributed by atoms with Gasteiger partial charge in [-0.05, 0) is 12.0 Å². The van der Waals surface area contributed by atoms with E-state index in [-0.39, 0.29) is 5.91 Å². The standard InChI is InChI=1S/C17H27N3O/c1-3-16(15-7-5-4-6-8-15)20-13-11-19(12-14-20)10-9-17(21)18-2/h4-8,16H,3,9-14H2,1-2H3,(H,18,21). The quantitative estimate of drug-likeness (QED) is 0.869. The van der Waals surface area contributed by atoms with Crippen molar-refractivity contribution in [2.75, 3.05) is 39.8 Å². The number of benzene rings is 1. The largest absolute Gasteiger partial charge is 0.359 e. The van der Waals surface area contributed by atoms with Crippen LogP contribution in [0.2, 0.25) is 0 Å². The summed E-state index contributed by atoms with van der Waals surface area (Å²) in [6, 6.07) is 11.3. The molecule has 1 aromatic carbocycles. The molecule has 116 valence electrons. The molecular weight excluding hydrogens is 262 g/mol. The summed E-state index contributed by atoms with van der Waals surface area (Å²) in [5, 5.41) is 2.69. The van der Waals surface area contributed by atoms with E-state index in [4.69, 9.17) is 0 Å². The smallest absolute Gasteiger partial charge is 0.221 e. The van der Waals surface area contributed by atoms with Gasteiger partial charge < -0.3 is 10.2 Å². The molecule has 1 fully saturated rings. The number of carbonyl (C=O) groups excluding carboxylic acids is 1. The highest BCUT2D eigenvalue weighted by atomic mass is 16.1. The highest BCUT2D eigenvalue weighted by molar-refractivity contribution is 5.75. The van der Waals surface area contributed by atoms with Crippen LogP contribution in [0.3, 0.4) is 0 Å². The Kier molecular flexibility index (Phi) is 6.21. The summed E-state index contributed by atoms with van der Waals surface area (Å²) < 4.78 is 0. The van der Waals surface area contributed by atoms with E-state index in [0.29, 0.717) is 12.5 Å². The fourth-order valence-electron chi connectivity index (χ4n) is 3.06. The highest BCUT2D eigenvalue weighted by Gasteiger charge is 2.23. The topological polar surface area (TPSA) is 35.6 Å². The first-order valence-corrected chi connectivity index (χ1v) is 7.96. The van der Waals surface area contributed by atoms with Gasteiger partial charge in [0.1, 0.15) is 0 Å². The van der Waals surface area contributed by atoms with Crippen LogP contribution in [-0.4, -0.2) is 55.5 Å². The van der Waals surface area contributed by atoms with Crippen LogP contribution >= 0.6 is 0 Å². The summed E-state index contributed by atoms with van der Waals surface area (Å²) in [7, 11) is 1.70. The maximum absolute atomic E-state index is 11.3. The van der Waals surface area contributed by atoms with Crippen molar-refractivity contribution in [3.63, 3.8) is 0 Å². The lowest BCUT2D eigenvalue weighted by molar-refractivity contribution is -0.121. The predicted octanol–water partition coefficient (Wildman–Crippen LogP) is 1.89. The van der Waals surface area contributed by atoms with Gasteiger partial charge in [0.25, 0.3) is 0 Å². The normalized spacial score (nSPS) is 18.4. The van der Waals surface area contributed by atoms with Crippen LogP contribution in [-0.2, 0) is 4.79 Å². The van der Waals surface area contributed by atoms with Crippen LogP contribution in [0.1, 0.15) is 31.4 Å². The SMILES string of the molecule is CCC(c1ccccc1)N1CCN(CCC(=O)NC)CC1. The van der Waals surface area contributed by atoms with E-state index in [1.165, 1.54) is 5.56 Å². The van der Waals surface area contributed by atoms with Crippen LogP contribution in [0.4, 0.5) is 0 Å². The molecule has 2 rings (SSSR count). The Hall–Kier alpha value is -1.39. The minimum Gasteiger partial charge on any atom is -0.359 e.